The van der Waals surface area contributed by atoms with Gasteiger partial charge in [0, 0.05) is 22.8 Å². The molecule has 0 spiro atoms. The molecule has 20 heavy (non-hydrogen) atoms. The summed E-state index contributed by atoms with van der Waals surface area (Å²) in [5.41, 5.74) is 2.55. The van der Waals surface area contributed by atoms with Crippen molar-refractivity contribution in [1.82, 2.24) is 0 Å². The maximum atomic E-state index is 12.0. The van der Waals surface area contributed by atoms with Gasteiger partial charge in [-0.3, -0.25) is 4.79 Å². The number of carbonyl (C=O) groups excluding carboxylic acids is 1. The van der Waals surface area contributed by atoms with Gasteiger partial charge in [-0.2, -0.15) is 5.26 Å². The van der Waals surface area contributed by atoms with Crippen molar-refractivity contribution in [3.63, 3.8) is 0 Å². The second-order valence-corrected chi connectivity index (χ2v) is 6.35. The molecule has 0 unspecified atom stereocenters. The van der Waals surface area contributed by atoms with Crippen molar-refractivity contribution in [3.8, 4) is 6.07 Å². The number of benzene rings is 1. The number of nitrogens with zero attached hydrogens (tertiary/aromatic N) is 1. The molecule has 0 fully saturated rings. The molecule has 0 atom stereocenters. The standard InChI is InChI=1S/C16H17ClN2O/c1-10-12(17)5-4-6-13(10)19-14-7-16(2,3)8-15(20)11(14)9-18/h4-6,19H,7-8H2,1-3H3. The van der Waals surface area contributed by atoms with Gasteiger partial charge in [0.2, 0.25) is 0 Å². The van der Waals surface area contributed by atoms with E-state index in [1.807, 2.05) is 45.0 Å². The molecule has 0 amide bonds. The van der Waals surface area contributed by atoms with Crippen LogP contribution in [0.2, 0.25) is 5.02 Å². The van der Waals surface area contributed by atoms with Gasteiger partial charge in [0.1, 0.15) is 11.6 Å². The third-order valence-electron chi connectivity index (χ3n) is 3.54. The number of ketones is 1. The number of carbonyl (C=O) groups is 1. The topological polar surface area (TPSA) is 52.9 Å². The number of anilines is 1. The number of Topliss-reactive ketones (excluding diaryl/α,β-unsaturated/α-hetero) is 1. The molecule has 0 radical (unpaired) electrons. The third kappa shape index (κ3) is 2.86. The Morgan fingerprint density at radius 2 is 2.05 bits per heavy atom. The fraction of sp³-hybridized carbons (Fsp3) is 0.375. The second kappa shape index (κ2) is 5.30. The molecule has 0 heterocycles. The summed E-state index contributed by atoms with van der Waals surface area (Å²) in [5.74, 6) is -0.0917. The first kappa shape index (κ1) is 14.6. The maximum Gasteiger partial charge on any atom is 0.175 e. The normalized spacial score (nSPS) is 17.9. The van der Waals surface area contributed by atoms with Crippen molar-refractivity contribution in [3.05, 3.63) is 40.1 Å². The Morgan fingerprint density at radius 3 is 2.70 bits per heavy atom. The highest BCUT2D eigenvalue weighted by Gasteiger charge is 2.33. The fourth-order valence-electron chi connectivity index (χ4n) is 2.46. The average Bonchev–Trinajstić information content (AvgIpc) is 2.33. The summed E-state index contributed by atoms with van der Waals surface area (Å²) in [6.45, 7) is 5.98. The Balaban J connectivity index is 2.42. The molecular formula is C16H17ClN2O. The summed E-state index contributed by atoms with van der Waals surface area (Å²) in [5, 5.41) is 13.1. The molecule has 0 saturated heterocycles. The highest BCUT2D eigenvalue weighted by atomic mass is 35.5. The van der Waals surface area contributed by atoms with E-state index < -0.39 is 0 Å². The van der Waals surface area contributed by atoms with Crippen LogP contribution in [0.3, 0.4) is 0 Å². The molecule has 1 aliphatic rings. The van der Waals surface area contributed by atoms with Crippen molar-refractivity contribution >= 4 is 23.1 Å². The number of rotatable bonds is 2. The van der Waals surface area contributed by atoms with Crippen LogP contribution in [0.4, 0.5) is 5.69 Å². The van der Waals surface area contributed by atoms with E-state index in [4.69, 9.17) is 11.6 Å². The number of hydrogen-bond acceptors (Lipinski definition) is 3. The summed E-state index contributed by atoms with van der Waals surface area (Å²) in [4.78, 5) is 12.0. The Kier molecular flexibility index (Phi) is 3.87. The monoisotopic (exact) mass is 288 g/mol. The fourth-order valence-corrected chi connectivity index (χ4v) is 2.64. The molecule has 0 aliphatic heterocycles. The minimum Gasteiger partial charge on any atom is -0.357 e. The van der Waals surface area contributed by atoms with Crippen LogP contribution in [0.1, 0.15) is 32.3 Å². The lowest BCUT2D eigenvalue weighted by Crippen LogP contribution is -2.28. The SMILES string of the molecule is Cc1c(Cl)cccc1NC1=C(C#N)C(=O)CC(C)(C)C1. The van der Waals surface area contributed by atoms with Crippen LogP contribution in [-0.4, -0.2) is 5.78 Å². The predicted molar refractivity (Wildman–Crippen MR) is 80.5 cm³/mol. The molecule has 0 saturated carbocycles. The minimum atomic E-state index is -0.133. The Morgan fingerprint density at radius 1 is 1.35 bits per heavy atom. The van der Waals surface area contributed by atoms with E-state index >= 15 is 0 Å². The zero-order valence-electron chi connectivity index (χ0n) is 11.9. The third-order valence-corrected chi connectivity index (χ3v) is 3.95. The van der Waals surface area contributed by atoms with E-state index in [1.165, 1.54) is 0 Å². The largest absolute Gasteiger partial charge is 0.357 e. The number of hydrogen-bond donors (Lipinski definition) is 1. The predicted octanol–water partition coefficient (Wildman–Crippen LogP) is 4.23. The van der Waals surface area contributed by atoms with Gasteiger partial charge in [-0.1, -0.05) is 31.5 Å². The summed E-state index contributed by atoms with van der Waals surface area (Å²) in [7, 11) is 0. The first-order chi connectivity index (χ1) is 9.34. The molecule has 1 aromatic rings. The van der Waals surface area contributed by atoms with Crippen molar-refractivity contribution in [2.75, 3.05) is 5.32 Å². The Bertz CT molecular complexity index is 638. The first-order valence-corrected chi connectivity index (χ1v) is 6.90. The Hall–Kier alpha value is -1.79. The van der Waals surface area contributed by atoms with Gasteiger partial charge in [-0.25, -0.2) is 0 Å². The second-order valence-electron chi connectivity index (χ2n) is 5.94. The highest BCUT2D eigenvalue weighted by Crippen LogP contribution is 2.37. The van der Waals surface area contributed by atoms with Gasteiger partial charge in [-0.05, 0) is 36.5 Å². The van der Waals surface area contributed by atoms with E-state index in [0.717, 1.165) is 11.3 Å². The summed E-state index contributed by atoms with van der Waals surface area (Å²) in [6, 6.07) is 7.59. The lowest BCUT2D eigenvalue weighted by atomic mass is 9.76. The van der Waals surface area contributed by atoms with E-state index in [-0.39, 0.29) is 16.8 Å². The first-order valence-electron chi connectivity index (χ1n) is 6.52. The van der Waals surface area contributed by atoms with Crippen molar-refractivity contribution < 1.29 is 4.79 Å². The van der Waals surface area contributed by atoms with E-state index in [0.29, 0.717) is 23.6 Å². The molecule has 3 nitrogen and oxygen atoms in total. The Labute approximate surface area is 124 Å². The molecular weight excluding hydrogens is 272 g/mol. The summed E-state index contributed by atoms with van der Waals surface area (Å²) >= 11 is 6.10. The van der Waals surface area contributed by atoms with Crippen LogP contribution >= 0.6 is 11.6 Å². The van der Waals surface area contributed by atoms with Gasteiger partial charge in [0.25, 0.3) is 0 Å². The van der Waals surface area contributed by atoms with E-state index in [2.05, 4.69) is 5.32 Å². The van der Waals surface area contributed by atoms with Crippen LogP contribution < -0.4 is 5.32 Å². The lowest BCUT2D eigenvalue weighted by molar-refractivity contribution is -0.117. The van der Waals surface area contributed by atoms with Gasteiger partial charge < -0.3 is 5.32 Å². The van der Waals surface area contributed by atoms with Gasteiger partial charge in [-0.15, -0.1) is 0 Å². The summed E-state index contributed by atoms with van der Waals surface area (Å²) < 4.78 is 0. The molecule has 104 valence electrons. The van der Waals surface area contributed by atoms with Gasteiger partial charge >= 0.3 is 0 Å². The van der Waals surface area contributed by atoms with Crippen molar-refractivity contribution in [2.45, 2.75) is 33.6 Å². The number of halogens is 1. The smallest absolute Gasteiger partial charge is 0.175 e. The van der Waals surface area contributed by atoms with Crippen molar-refractivity contribution in [1.29, 1.82) is 5.26 Å². The van der Waals surface area contributed by atoms with Crippen LogP contribution in [0.25, 0.3) is 0 Å². The highest BCUT2D eigenvalue weighted by molar-refractivity contribution is 6.31. The van der Waals surface area contributed by atoms with E-state index in [9.17, 15) is 10.1 Å². The lowest BCUT2D eigenvalue weighted by Gasteiger charge is -2.31. The van der Waals surface area contributed by atoms with Crippen LogP contribution in [0, 0.1) is 23.7 Å². The number of nitrogens with one attached hydrogen (secondary N) is 1. The molecule has 1 aromatic carbocycles. The van der Waals surface area contributed by atoms with Crippen LogP contribution in [-0.2, 0) is 4.79 Å². The molecule has 0 aromatic heterocycles. The van der Waals surface area contributed by atoms with Crippen molar-refractivity contribution in [2.24, 2.45) is 5.41 Å². The van der Waals surface area contributed by atoms with E-state index in [1.54, 1.807) is 0 Å². The molecule has 4 heteroatoms. The number of nitriles is 1. The minimum absolute atomic E-state index is 0.0917. The summed E-state index contributed by atoms with van der Waals surface area (Å²) in [6.07, 6.45) is 1.09. The molecule has 0 bridgehead atoms. The average molecular weight is 289 g/mol. The maximum absolute atomic E-state index is 12.0. The molecule has 1 aliphatic carbocycles. The van der Waals surface area contributed by atoms with Crippen LogP contribution in [0.5, 0.6) is 0 Å². The van der Waals surface area contributed by atoms with Gasteiger partial charge in [0.15, 0.2) is 5.78 Å². The quantitative estimate of drug-likeness (QED) is 0.886. The molecule has 2 rings (SSSR count). The zero-order chi connectivity index (χ0) is 14.9. The molecule has 1 N–H and O–H groups in total. The van der Waals surface area contributed by atoms with Crippen LogP contribution in [0.15, 0.2) is 29.5 Å². The zero-order valence-corrected chi connectivity index (χ0v) is 12.6. The number of allylic oxidation sites excluding steroid dienone is 2. The van der Waals surface area contributed by atoms with Gasteiger partial charge in [0.05, 0.1) is 0 Å².